The number of hydrogen-bond donors (Lipinski definition) is 1. The van der Waals surface area contributed by atoms with Crippen LogP contribution in [0.1, 0.15) is 21.6 Å². The minimum atomic E-state index is -1.45. The Balaban J connectivity index is 1.39. The van der Waals surface area contributed by atoms with Gasteiger partial charge in [-0.2, -0.15) is 14.8 Å². The fraction of sp³-hybridized carbons (Fsp3) is 0.100. The van der Waals surface area contributed by atoms with Crippen LogP contribution in [0.3, 0.4) is 0 Å². The first-order valence-corrected chi connectivity index (χ1v) is 14.1. The number of rotatable bonds is 8. The van der Waals surface area contributed by atoms with E-state index in [-0.39, 0.29) is 22.0 Å². The lowest BCUT2D eigenvalue weighted by Gasteiger charge is -2.17. The first-order valence-electron chi connectivity index (χ1n) is 13.7. The highest BCUT2D eigenvalue weighted by Crippen LogP contribution is 2.29. The number of carbonyl (C=O) groups excluding carboxylic acids is 1. The Kier molecular flexibility index (Phi) is 8.45. The van der Waals surface area contributed by atoms with Gasteiger partial charge in [0.25, 0.3) is 5.91 Å². The molecule has 18 heteroatoms. The zero-order valence-electron chi connectivity index (χ0n) is 24.3. The molecule has 3 aromatic carbocycles. The first kappa shape index (κ1) is 32.0. The van der Waals surface area contributed by atoms with Crippen LogP contribution in [-0.2, 0) is 20.1 Å². The van der Waals surface area contributed by atoms with Gasteiger partial charge in [0.1, 0.15) is 5.82 Å². The van der Waals surface area contributed by atoms with Crippen molar-refractivity contribution >= 4 is 46.1 Å². The highest BCUT2D eigenvalue weighted by atomic mass is 35.5. The molecule has 0 aliphatic carbocycles. The van der Waals surface area contributed by atoms with E-state index < -0.39 is 71.0 Å². The molecule has 244 valence electrons. The fourth-order valence-electron chi connectivity index (χ4n) is 4.71. The Morgan fingerprint density at radius 1 is 0.917 bits per heavy atom. The quantitative estimate of drug-likeness (QED) is 0.142. The van der Waals surface area contributed by atoms with E-state index in [0.29, 0.717) is 27.6 Å². The summed E-state index contributed by atoms with van der Waals surface area (Å²) in [5.41, 5.74) is -1.88. The normalized spacial score (nSPS) is 11.6. The largest absolute Gasteiger partial charge is 0.355 e. The molecule has 0 saturated heterocycles. The lowest BCUT2D eigenvalue weighted by Crippen LogP contribution is -2.43. The Bertz CT molecular complexity index is 2400. The molecule has 1 N–H and O–H groups in total. The molecule has 3 aromatic heterocycles. The number of halogens is 6. The van der Waals surface area contributed by atoms with Gasteiger partial charge in [-0.15, -0.1) is 5.10 Å². The van der Waals surface area contributed by atoms with Crippen molar-refractivity contribution in [1.29, 1.82) is 0 Å². The second-order valence-electron chi connectivity index (χ2n) is 10.3. The van der Waals surface area contributed by atoms with Gasteiger partial charge >= 0.3 is 11.4 Å². The smallest absolute Gasteiger partial charge is 0.324 e. The number of fused-ring (bicyclic) bond motifs is 1. The minimum absolute atomic E-state index is 0.0766. The van der Waals surface area contributed by atoms with Gasteiger partial charge in [-0.3, -0.25) is 14.0 Å². The van der Waals surface area contributed by atoms with Crippen LogP contribution in [0, 0.1) is 29.1 Å². The molecular weight excluding hydrogens is 665 g/mol. The number of allylic oxidation sites excluding steroid dienone is 1. The molecule has 0 spiro atoms. The third kappa shape index (κ3) is 6.35. The summed E-state index contributed by atoms with van der Waals surface area (Å²) in [6, 6.07) is 6.92. The molecule has 0 saturated carbocycles. The zero-order valence-corrected chi connectivity index (χ0v) is 25.1. The average Bonchev–Trinajstić information content (AvgIpc) is 3.65. The van der Waals surface area contributed by atoms with Crippen LogP contribution in [0.4, 0.5) is 33.6 Å². The van der Waals surface area contributed by atoms with Crippen molar-refractivity contribution in [3.63, 3.8) is 0 Å². The molecule has 0 unspecified atom stereocenters. The first-order chi connectivity index (χ1) is 22.9. The number of aromatic nitrogens is 8. The highest BCUT2D eigenvalue weighted by Gasteiger charge is 2.21. The van der Waals surface area contributed by atoms with Crippen molar-refractivity contribution < 1.29 is 26.7 Å². The van der Waals surface area contributed by atoms with E-state index in [4.69, 9.17) is 11.6 Å². The van der Waals surface area contributed by atoms with Crippen molar-refractivity contribution in [2.45, 2.75) is 13.1 Å². The second-order valence-corrected chi connectivity index (χ2v) is 10.7. The third-order valence-electron chi connectivity index (χ3n) is 7.03. The molecule has 12 nitrogen and oxygen atoms in total. The number of hydrogen-bond acceptors (Lipinski definition) is 8. The SMILES string of the molecule is Cn1cc2cc(Nc3nc(=O)n(Cc4cnnn4C(=O)/C=C/c4ccc(F)c(F)c4)c(=O)n3Cc3cc(F)c(F)cc3F)c(Cl)cc2n1. The topological polar surface area (TPSA) is 135 Å². The molecular formula is C30H19ClF5N9O3. The zero-order chi connectivity index (χ0) is 34.3. The highest BCUT2D eigenvalue weighted by molar-refractivity contribution is 6.34. The summed E-state index contributed by atoms with van der Waals surface area (Å²) in [6.45, 7) is -1.34. The number of nitrogens with zero attached hydrogens (tertiary/aromatic N) is 8. The second kappa shape index (κ2) is 12.7. The molecule has 6 aromatic rings. The maximum atomic E-state index is 14.7. The predicted molar refractivity (Wildman–Crippen MR) is 162 cm³/mol. The van der Waals surface area contributed by atoms with Crippen LogP contribution >= 0.6 is 11.6 Å². The molecule has 0 aliphatic heterocycles. The van der Waals surface area contributed by atoms with Crippen LogP contribution in [-0.4, -0.2) is 44.8 Å². The molecule has 0 amide bonds. The summed E-state index contributed by atoms with van der Waals surface area (Å²) in [7, 11) is 1.69. The van der Waals surface area contributed by atoms with Crippen molar-refractivity contribution in [3.8, 4) is 0 Å². The Hall–Kier alpha value is -5.97. The molecule has 0 aliphatic rings. The van der Waals surface area contributed by atoms with Gasteiger partial charge in [0.2, 0.25) is 5.95 Å². The van der Waals surface area contributed by atoms with Crippen LogP contribution in [0.15, 0.2) is 70.5 Å². The van der Waals surface area contributed by atoms with E-state index in [1.807, 2.05) is 0 Å². The van der Waals surface area contributed by atoms with Gasteiger partial charge < -0.3 is 5.32 Å². The molecule has 0 bridgehead atoms. The van der Waals surface area contributed by atoms with Crippen molar-refractivity contribution in [1.82, 2.24) is 38.9 Å². The van der Waals surface area contributed by atoms with Gasteiger partial charge in [0.05, 0.1) is 41.2 Å². The standard InChI is InChI=1S/C30H19ClF5N9O3/c1-42-12-17-8-26(19(31)9-25(17)40-42)38-28-39-29(47)44(30(48)43(28)13-16-7-23(35)24(36)10-21(16)33)14-18-11-37-41-45(18)27(46)5-3-15-2-4-20(32)22(34)6-15/h2-12H,13-14H2,1H3,(H,38,39,47)/b5-3+. The lowest BCUT2D eigenvalue weighted by atomic mass is 10.2. The number of anilines is 2. The van der Waals surface area contributed by atoms with Crippen molar-refractivity contribution in [2.75, 3.05) is 5.32 Å². The van der Waals surface area contributed by atoms with E-state index in [2.05, 4.69) is 25.7 Å². The fourth-order valence-corrected chi connectivity index (χ4v) is 4.91. The van der Waals surface area contributed by atoms with E-state index in [9.17, 15) is 36.3 Å². The van der Waals surface area contributed by atoms with Crippen molar-refractivity contribution in [2.24, 2.45) is 7.05 Å². The van der Waals surface area contributed by atoms with Gasteiger partial charge in [-0.25, -0.2) is 36.1 Å². The number of nitrogens with one attached hydrogen (secondary N) is 1. The van der Waals surface area contributed by atoms with E-state index in [0.717, 1.165) is 33.7 Å². The third-order valence-corrected chi connectivity index (χ3v) is 7.35. The van der Waals surface area contributed by atoms with Gasteiger partial charge in [-0.1, -0.05) is 22.9 Å². The van der Waals surface area contributed by atoms with Gasteiger partial charge in [0, 0.05) is 36.3 Å². The van der Waals surface area contributed by atoms with Crippen LogP contribution in [0.2, 0.25) is 5.02 Å². The molecule has 48 heavy (non-hydrogen) atoms. The summed E-state index contributed by atoms with van der Waals surface area (Å²) in [5.74, 6) is -7.47. The summed E-state index contributed by atoms with van der Waals surface area (Å²) >= 11 is 6.42. The Morgan fingerprint density at radius 2 is 1.67 bits per heavy atom. The number of benzene rings is 3. The van der Waals surface area contributed by atoms with Gasteiger partial charge in [-0.05, 0) is 42.0 Å². The molecule has 6 rings (SSSR count). The maximum Gasteiger partial charge on any atom is 0.355 e. The van der Waals surface area contributed by atoms with Crippen LogP contribution < -0.4 is 16.7 Å². The van der Waals surface area contributed by atoms with E-state index in [1.54, 1.807) is 19.3 Å². The number of carbonyl (C=O) groups is 1. The summed E-state index contributed by atoms with van der Waals surface area (Å²) in [5, 5.41) is 15.1. The van der Waals surface area contributed by atoms with E-state index >= 15 is 0 Å². The molecule has 3 heterocycles. The van der Waals surface area contributed by atoms with E-state index in [1.165, 1.54) is 22.9 Å². The predicted octanol–water partition coefficient (Wildman–Crippen LogP) is 4.43. The lowest BCUT2D eigenvalue weighted by molar-refractivity contribution is 0.0949. The van der Waals surface area contributed by atoms with Crippen LogP contribution in [0.5, 0.6) is 0 Å². The monoisotopic (exact) mass is 683 g/mol. The molecule has 0 radical (unpaired) electrons. The minimum Gasteiger partial charge on any atom is -0.324 e. The molecule has 0 atom stereocenters. The molecule has 0 fully saturated rings. The van der Waals surface area contributed by atoms with Gasteiger partial charge in [0.15, 0.2) is 23.3 Å². The number of aryl methyl sites for hydroxylation is 1. The Labute approximate surface area is 269 Å². The Morgan fingerprint density at radius 3 is 2.44 bits per heavy atom. The maximum absolute atomic E-state index is 14.7. The average molecular weight is 684 g/mol. The van der Waals surface area contributed by atoms with Crippen molar-refractivity contribution in [3.05, 3.63) is 133 Å². The summed E-state index contributed by atoms with van der Waals surface area (Å²) in [4.78, 5) is 43.9. The van der Waals surface area contributed by atoms with Crippen LogP contribution in [0.25, 0.3) is 17.0 Å². The summed E-state index contributed by atoms with van der Waals surface area (Å²) < 4.78 is 73.0. The summed E-state index contributed by atoms with van der Waals surface area (Å²) in [6.07, 6.45) is 4.93.